The third-order valence-electron chi connectivity index (χ3n) is 2.04. The molecular weight excluding hydrogens is 304 g/mol. The molecule has 0 fully saturated rings. The number of halogens is 1. The molecule has 2 heterocycles. The van der Waals surface area contributed by atoms with E-state index >= 15 is 0 Å². The standard InChI is InChI=1S/C11H9BrN2O2S/c1-6-4-7(8-2-3-9(12)17-8)14-10(13-6)5-11(15)16/h2-4H,5H2,1H3,(H,15,16). The molecular formula is C11H9BrN2O2S. The van der Waals surface area contributed by atoms with Crippen molar-refractivity contribution >= 4 is 33.2 Å². The van der Waals surface area contributed by atoms with Gasteiger partial charge in [0.05, 0.1) is 14.4 Å². The van der Waals surface area contributed by atoms with Gasteiger partial charge in [0.25, 0.3) is 0 Å². The average molecular weight is 313 g/mol. The Kier molecular flexibility index (Phi) is 3.54. The van der Waals surface area contributed by atoms with E-state index in [1.165, 1.54) is 0 Å². The van der Waals surface area contributed by atoms with Crippen LogP contribution in [0.15, 0.2) is 22.0 Å². The van der Waals surface area contributed by atoms with Gasteiger partial charge in [-0.15, -0.1) is 11.3 Å². The Balaban J connectivity index is 2.41. The predicted octanol–water partition coefficient (Wildman–Crippen LogP) is 2.90. The van der Waals surface area contributed by atoms with E-state index in [1.807, 2.05) is 25.1 Å². The number of carboxylic acids is 1. The summed E-state index contributed by atoms with van der Waals surface area (Å²) in [7, 11) is 0. The molecule has 0 bridgehead atoms. The zero-order chi connectivity index (χ0) is 12.4. The maximum Gasteiger partial charge on any atom is 0.311 e. The minimum Gasteiger partial charge on any atom is -0.481 e. The first-order valence-corrected chi connectivity index (χ1v) is 6.47. The quantitative estimate of drug-likeness (QED) is 0.946. The van der Waals surface area contributed by atoms with E-state index < -0.39 is 5.97 Å². The summed E-state index contributed by atoms with van der Waals surface area (Å²) in [4.78, 5) is 20.0. The first-order chi connectivity index (χ1) is 8.04. The van der Waals surface area contributed by atoms with Gasteiger partial charge < -0.3 is 5.11 Å². The number of carbonyl (C=O) groups is 1. The van der Waals surface area contributed by atoms with Gasteiger partial charge in [-0.1, -0.05) is 0 Å². The Hall–Kier alpha value is -1.27. The maximum absolute atomic E-state index is 10.6. The van der Waals surface area contributed by atoms with Gasteiger partial charge in [-0.2, -0.15) is 0 Å². The van der Waals surface area contributed by atoms with E-state index in [0.29, 0.717) is 5.82 Å². The van der Waals surface area contributed by atoms with Crippen LogP contribution in [0.2, 0.25) is 0 Å². The molecule has 0 saturated heterocycles. The molecule has 88 valence electrons. The van der Waals surface area contributed by atoms with Crippen LogP contribution in [-0.2, 0) is 11.2 Å². The number of aliphatic carboxylic acids is 1. The van der Waals surface area contributed by atoms with Gasteiger partial charge in [-0.3, -0.25) is 4.79 Å². The second kappa shape index (κ2) is 4.93. The highest BCUT2D eigenvalue weighted by Gasteiger charge is 2.09. The second-order valence-corrected chi connectivity index (χ2v) is 5.95. The summed E-state index contributed by atoms with van der Waals surface area (Å²) in [6, 6.07) is 5.74. The van der Waals surface area contributed by atoms with E-state index in [2.05, 4.69) is 25.9 Å². The molecule has 4 nitrogen and oxygen atoms in total. The van der Waals surface area contributed by atoms with Crippen LogP contribution < -0.4 is 0 Å². The van der Waals surface area contributed by atoms with Crippen LogP contribution in [0.1, 0.15) is 11.5 Å². The molecule has 1 N–H and O–H groups in total. The Bertz CT molecular complexity index is 568. The minimum atomic E-state index is -0.922. The number of aromatic nitrogens is 2. The third-order valence-corrected chi connectivity index (χ3v) is 3.68. The highest BCUT2D eigenvalue weighted by Crippen LogP contribution is 2.30. The number of carboxylic acid groups (broad SMARTS) is 1. The number of hydrogen-bond acceptors (Lipinski definition) is 4. The molecule has 0 aromatic carbocycles. The van der Waals surface area contributed by atoms with Gasteiger partial charge in [0.15, 0.2) is 0 Å². The Morgan fingerprint density at radius 3 is 2.82 bits per heavy atom. The van der Waals surface area contributed by atoms with Crippen molar-refractivity contribution in [3.8, 4) is 10.6 Å². The number of thiophene rings is 1. The highest BCUT2D eigenvalue weighted by atomic mass is 79.9. The Labute approximate surface area is 110 Å². The van der Waals surface area contributed by atoms with Gasteiger partial charge in [0.2, 0.25) is 0 Å². The Morgan fingerprint density at radius 2 is 2.24 bits per heavy atom. The number of nitrogens with zero attached hydrogens (tertiary/aromatic N) is 2. The highest BCUT2D eigenvalue weighted by molar-refractivity contribution is 9.11. The fraction of sp³-hybridized carbons (Fsp3) is 0.182. The van der Waals surface area contributed by atoms with Crippen molar-refractivity contribution in [3.63, 3.8) is 0 Å². The lowest BCUT2D eigenvalue weighted by molar-refractivity contribution is -0.136. The normalized spacial score (nSPS) is 10.5. The van der Waals surface area contributed by atoms with Crippen LogP contribution in [-0.4, -0.2) is 21.0 Å². The lowest BCUT2D eigenvalue weighted by Crippen LogP contribution is -2.06. The van der Waals surface area contributed by atoms with E-state index in [4.69, 9.17) is 5.11 Å². The van der Waals surface area contributed by atoms with Crippen molar-refractivity contribution in [2.24, 2.45) is 0 Å². The van der Waals surface area contributed by atoms with Crippen molar-refractivity contribution in [3.05, 3.63) is 33.5 Å². The van der Waals surface area contributed by atoms with Crippen molar-refractivity contribution in [1.29, 1.82) is 0 Å². The van der Waals surface area contributed by atoms with E-state index in [0.717, 1.165) is 20.1 Å². The lowest BCUT2D eigenvalue weighted by Gasteiger charge is -2.02. The summed E-state index contributed by atoms with van der Waals surface area (Å²) in [6.45, 7) is 1.83. The molecule has 0 radical (unpaired) electrons. The average Bonchev–Trinajstić information content (AvgIpc) is 2.62. The zero-order valence-electron chi connectivity index (χ0n) is 8.98. The number of rotatable bonds is 3. The molecule has 0 aliphatic rings. The summed E-state index contributed by atoms with van der Waals surface area (Å²) in [5.41, 5.74) is 1.54. The van der Waals surface area contributed by atoms with Crippen LogP contribution in [0.5, 0.6) is 0 Å². The van der Waals surface area contributed by atoms with E-state index in [1.54, 1.807) is 11.3 Å². The number of aryl methyl sites for hydroxylation is 1. The fourth-order valence-electron chi connectivity index (χ4n) is 1.42. The fourth-order valence-corrected chi connectivity index (χ4v) is 2.77. The largest absolute Gasteiger partial charge is 0.481 e. The van der Waals surface area contributed by atoms with Crippen molar-refractivity contribution in [2.45, 2.75) is 13.3 Å². The molecule has 2 rings (SSSR count). The predicted molar refractivity (Wildman–Crippen MR) is 69.1 cm³/mol. The molecule has 0 unspecified atom stereocenters. The van der Waals surface area contributed by atoms with Crippen LogP contribution >= 0.6 is 27.3 Å². The molecule has 0 aliphatic carbocycles. The zero-order valence-corrected chi connectivity index (χ0v) is 11.4. The monoisotopic (exact) mass is 312 g/mol. The molecule has 0 atom stereocenters. The topological polar surface area (TPSA) is 63.1 Å². The number of hydrogen-bond donors (Lipinski definition) is 1. The summed E-state index contributed by atoms with van der Waals surface area (Å²) >= 11 is 4.94. The minimum absolute atomic E-state index is 0.152. The molecule has 2 aromatic heterocycles. The third kappa shape index (κ3) is 3.10. The SMILES string of the molecule is Cc1cc(-c2ccc(Br)s2)nc(CC(=O)O)n1. The van der Waals surface area contributed by atoms with Crippen molar-refractivity contribution in [1.82, 2.24) is 9.97 Å². The Morgan fingerprint density at radius 1 is 1.47 bits per heavy atom. The van der Waals surface area contributed by atoms with Gasteiger partial charge in [-0.25, -0.2) is 9.97 Å². The van der Waals surface area contributed by atoms with E-state index in [-0.39, 0.29) is 6.42 Å². The van der Waals surface area contributed by atoms with Gasteiger partial charge in [0.1, 0.15) is 12.2 Å². The molecule has 0 amide bonds. The first kappa shape index (κ1) is 12.2. The lowest BCUT2D eigenvalue weighted by atomic mass is 10.2. The van der Waals surface area contributed by atoms with Crippen molar-refractivity contribution < 1.29 is 9.90 Å². The molecule has 0 spiro atoms. The molecule has 17 heavy (non-hydrogen) atoms. The van der Waals surface area contributed by atoms with Gasteiger partial charge >= 0.3 is 5.97 Å². The first-order valence-electron chi connectivity index (χ1n) is 4.86. The molecule has 6 heteroatoms. The smallest absolute Gasteiger partial charge is 0.311 e. The van der Waals surface area contributed by atoms with Crippen molar-refractivity contribution in [2.75, 3.05) is 0 Å². The second-order valence-electron chi connectivity index (χ2n) is 3.49. The van der Waals surface area contributed by atoms with Crippen LogP contribution in [0.3, 0.4) is 0 Å². The van der Waals surface area contributed by atoms with Crippen LogP contribution in [0.4, 0.5) is 0 Å². The van der Waals surface area contributed by atoms with Crippen LogP contribution in [0, 0.1) is 6.92 Å². The summed E-state index contributed by atoms with van der Waals surface area (Å²) < 4.78 is 1.02. The summed E-state index contributed by atoms with van der Waals surface area (Å²) in [5.74, 6) is -0.578. The molecule has 0 saturated carbocycles. The summed E-state index contributed by atoms with van der Waals surface area (Å²) in [5, 5.41) is 8.74. The van der Waals surface area contributed by atoms with Gasteiger partial charge in [0, 0.05) is 5.69 Å². The van der Waals surface area contributed by atoms with Crippen LogP contribution in [0.25, 0.3) is 10.6 Å². The van der Waals surface area contributed by atoms with E-state index in [9.17, 15) is 4.79 Å². The summed E-state index contributed by atoms with van der Waals surface area (Å²) in [6.07, 6.45) is -0.152. The van der Waals surface area contributed by atoms with Gasteiger partial charge in [-0.05, 0) is 41.1 Å². The molecule has 2 aromatic rings. The maximum atomic E-state index is 10.6. The molecule has 0 aliphatic heterocycles.